The molecular formula is C17H25N3O. The molecule has 1 aliphatic heterocycles. The maximum absolute atomic E-state index is 9.74. The van der Waals surface area contributed by atoms with Gasteiger partial charge in [-0.3, -0.25) is 5.32 Å². The number of methoxy groups -OCH3 is 1. The fourth-order valence-corrected chi connectivity index (χ4v) is 3.08. The highest BCUT2D eigenvalue weighted by Crippen LogP contribution is 2.25. The van der Waals surface area contributed by atoms with E-state index in [9.17, 15) is 5.26 Å². The lowest BCUT2D eigenvalue weighted by molar-refractivity contribution is 0.0904. The van der Waals surface area contributed by atoms with E-state index in [1.165, 1.54) is 0 Å². The van der Waals surface area contributed by atoms with Crippen molar-refractivity contribution in [3.05, 3.63) is 35.9 Å². The number of benzene rings is 1. The minimum absolute atomic E-state index is 0.630. The fraction of sp³-hybridized carbons (Fsp3) is 0.588. The second-order valence-electron chi connectivity index (χ2n) is 5.81. The summed E-state index contributed by atoms with van der Waals surface area (Å²) >= 11 is 0. The van der Waals surface area contributed by atoms with E-state index < -0.39 is 5.54 Å². The van der Waals surface area contributed by atoms with Gasteiger partial charge in [0.05, 0.1) is 6.07 Å². The van der Waals surface area contributed by atoms with Gasteiger partial charge in [-0.15, -0.1) is 0 Å². The number of ether oxygens (including phenoxy) is 1. The van der Waals surface area contributed by atoms with Crippen molar-refractivity contribution in [2.75, 3.05) is 40.4 Å². The van der Waals surface area contributed by atoms with Crippen LogP contribution in [0.1, 0.15) is 18.4 Å². The summed E-state index contributed by atoms with van der Waals surface area (Å²) in [6.45, 7) is 3.64. The second kappa shape index (κ2) is 7.56. The monoisotopic (exact) mass is 287 g/mol. The molecule has 1 aliphatic rings. The van der Waals surface area contributed by atoms with Crippen LogP contribution in [-0.2, 0) is 10.3 Å². The summed E-state index contributed by atoms with van der Waals surface area (Å²) in [4.78, 5) is 2.39. The molecule has 1 atom stereocenters. The van der Waals surface area contributed by atoms with E-state index in [-0.39, 0.29) is 0 Å². The standard InChI is InChI=1S/C17H25N3O/c1-19-17(13-18,16-6-4-3-5-7-16)14-20-10-8-15(9-11-20)12-21-2/h3-7,15,19H,8-12,14H2,1-2H3. The number of hydrogen-bond donors (Lipinski definition) is 1. The Balaban J connectivity index is 2.03. The first kappa shape index (κ1) is 16.0. The molecule has 114 valence electrons. The van der Waals surface area contributed by atoms with E-state index in [0.29, 0.717) is 5.92 Å². The highest BCUT2D eigenvalue weighted by atomic mass is 16.5. The molecule has 2 rings (SSSR count). The van der Waals surface area contributed by atoms with Crippen LogP contribution < -0.4 is 5.32 Å². The van der Waals surface area contributed by atoms with Crippen LogP contribution in [0.3, 0.4) is 0 Å². The van der Waals surface area contributed by atoms with Gasteiger partial charge in [-0.05, 0) is 44.5 Å². The van der Waals surface area contributed by atoms with Crippen LogP contribution in [0.5, 0.6) is 0 Å². The van der Waals surface area contributed by atoms with Gasteiger partial charge in [0.15, 0.2) is 0 Å². The Morgan fingerprint density at radius 1 is 1.33 bits per heavy atom. The summed E-state index contributed by atoms with van der Waals surface area (Å²) in [5.74, 6) is 0.661. The van der Waals surface area contributed by atoms with Gasteiger partial charge in [0.2, 0.25) is 0 Å². The lowest BCUT2D eigenvalue weighted by atomic mass is 9.89. The summed E-state index contributed by atoms with van der Waals surface area (Å²) < 4.78 is 5.25. The molecule has 21 heavy (non-hydrogen) atoms. The van der Waals surface area contributed by atoms with Crippen molar-refractivity contribution in [2.24, 2.45) is 5.92 Å². The second-order valence-corrected chi connectivity index (χ2v) is 5.81. The van der Waals surface area contributed by atoms with Crippen LogP contribution in [-0.4, -0.2) is 45.3 Å². The number of nitrogens with zero attached hydrogens (tertiary/aromatic N) is 2. The Hall–Kier alpha value is -1.41. The van der Waals surface area contributed by atoms with E-state index >= 15 is 0 Å². The molecule has 1 fully saturated rings. The molecule has 1 aromatic rings. The highest BCUT2D eigenvalue weighted by Gasteiger charge is 2.34. The maximum atomic E-state index is 9.74. The molecule has 1 saturated heterocycles. The van der Waals surface area contributed by atoms with Crippen LogP contribution in [0, 0.1) is 17.2 Å². The van der Waals surface area contributed by atoms with Gasteiger partial charge < -0.3 is 9.64 Å². The SMILES string of the molecule is CNC(C#N)(CN1CCC(COC)CC1)c1ccccc1. The van der Waals surface area contributed by atoms with Crippen molar-refractivity contribution in [1.29, 1.82) is 5.26 Å². The minimum atomic E-state index is -0.630. The first-order valence-electron chi connectivity index (χ1n) is 7.61. The first-order chi connectivity index (χ1) is 10.2. The van der Waals surface area contributed by atoms with Gasteiger partial charge in [-0.25, -0.2) is 0 Å². The lowest BCUT2D eigenvalue weighted by Crippen LogP contribution is -2.50. The molecular weight excluding hydrogens is 262 g/mol. The number of nitrogens with one attached hydrogen (secondary N) is 1. The van der Waals surface area contributed by atoms with Crippen LogP contribution in [0.15, 0.2) is 30.3 Å². The zero-order valence-corrected chi connectivity index (χ0v) is 13.0. The predicted molar refractivity (Wildman–Crippen MR) is 83.8 cm³/mol. The number of likely N-dealkylation sites (tertiary alicyclic amines) is 1. The zero-order chi connectivity index (χ0) is 15.1. The molecule has 1 unspecified atom stereocenters. The van der Waals surface area contributed by atoms with E-state index in [4.69, 9.17) is 4.74 Å². The van der Waals surface area contributed by atoms with E-state index in [1.54, 1.807) is 7.11 Å². The summed E-state index contributed by atoms with van der Waals surface area (Å²) in [5, 5.41) is 13.0. The van der Waals surface area contributed by atoms with Gasteiger partial charge in [0.1, 0.15) is 5.54 Å². The zero-order valence-electron chi connectivity index (χ0n) is 13.0. The van der Waals surface area contributed by atoms with Crippen molar-refractivity contribution >= 4 is 0 Å². The highest BCUT2D eigenvalue weighted by molar-refractivity contribution is 5.32. The van der Waals surface area contributed by atoms with Crippen LogP contribution in [0.25, 0.3) is 0 Å². The van der Waals surface area contributed by atoms with Gasteiger partial charge in [0.25, 0.3) is 0 Å². The third-order valence-electron chi connectivity index (χ3n) is 4.45. The summed E-state index contributed by atoms with van der Waals surface area (Å²) in [5.41, 5.74) is 0.407. The molecule has 4 nitrogen and oxygen atoms in total. The number of piperidine rings is 1. The molecule has 0 spiro atoms. The summed E-state index contributed by atoms with van der Waals surface area (Å²) in [6, 6.07) is 12.5. The average molecular weight is 287 g/mol. The van der Waals surface area contributed by atoms with E-state index in [0.717, 1.165) is 44.6 Å². The summed E-state index contributed by atoms with van der Waals surface area (Å²) in [6.07, 6.45) is 2.29. The van der Waals surface area contributed by atoms with Gasteiger partial charge in [-0.2, -0.15) is 5.26 Å². The topological polar surface area (TPSA) is 48.3 Å². The third kappa shape index (κ3) is 3.82. The molecule has 1 aromatic carbocycles. The summed E-state index contributed by atoms with van der Waals surface area (Å²) in [7, 11) is 3.64. The van der Waals surface area contributed by atoms with Crippen LogP contribution in [0.4, 0.5) is 0 Å². The van der Waals surface area contributed by atoms with Gasteiger partial charge in [0, 0.05) is 20.3 Å². The van der Waals surface area contributed by atoms with Crippen molar-refractivity contribution in [2.45, 2.75) is 18.4 Å². The van der Waals surface area contributed by atoms with E-state index in [2.05, 4.69) is 16.3 Å². The molecule has 0 radical (unpaired) electrons. The number of nitriles is 1. The number of rotatable bonds is 6. The fourth-order valence-electron chi connectivity index (χ4n) is 3.08. The predicted octanol–water partition coefficient (Wildman–Crippen LogP) is 1.98. The minimum Gasteiger partial charge on any atom is -0.384 e. The Morgan fingerprint density at radius 3 is 2.52 bits per heavy atom. The molecule has 0 aliphatic carbocycles. The molecule has 0 saturated carbocycles. The molecule has 0 aromatic heterocycles. The molecule has 4 heteroatoms. The van der Waals surface area contributed by atoms with Crippen molar-refractivity contribution in [3.8, 4) is 6.07 Å². The van der Waals surface area contributed by atoms with Crippen LogP contribution >= 0.6 is 0 Å². The van der Waals surface area contributed by atoms with Crippen molar-refractivity contribution in [1.82, 2.24) is 10.2 Å². The smallest absolute Gasteiger partial charge is 0.144 e. The first-order valence-corrected chi connectivity index (χ1v) is 7.61. The normalized spacial score (nSPS) is 19.9. The largest absolute Gasteiger partial charge is 0.384 e. The quantitative estimate of drug-likeness (QED) is 0.869. The third-order valence-corrected chi connectivity index (χ3v) is 4.45. The van der Waals surface area contributed by atoms with Gasteiger partial charge >= 0.3 is 0 Å². The van der Waals surface area contributed by atoms with E-state index in [1.807, 2.05) is 37.4 Å². The molecule has 1 N–H and O–H groups in total. The van der Waals surface area contributed by atoms with Gasteiger partial charge in [-0.1, -0.05) is 30.3 Å². The Morgan fingerprint density at radius 2 is 2.00 bits per heavy atom. The molecule has 0 bridgehead atoms. The average Bonchev–Trinajstić information content (AvgIpc) is 2.55. The Labute approximate surface area is 127 Å². The maximum Gasteiger partial charge on any atom is 0.144 e. The Bertz CT molecular complexity index is 463. The number of hydrogen-bond acceptors (Lipinski definition) is 4. The van der Waals surface area contributed by atoms with Crippen molar-refractivity contribution < 1.29 is 4.74 Å². The Kier molecular flexibility index (Phi) is 5.75. The number of likely N-dealkylation sites (N-methyl/N-ethyl adjacent to an activating group) is 1. The van der Waals surface area contributed by atoms with Crippen LogP contribution in [0.2, 0.25) is 0 Å². The molecule has 0 amide bonds. The molecule has 1 heterocycles. The lowest BCUT2D eigenvalue weighted by Gasteiger charge is -2.37. The van der Waals surface area contributed by atoms with Crippen molar-refractivity contribution in [3.63, 3.8) is 0 Å².